The molecular weight excluding hydrogens is 324 g/mol. The molecule has 1 aliphatic heterocycles. The molecule has 0 saturated heterocycles. The Hall–Kier alpha value is -2.21. The van der Waals surface area contributed by atoms with E-state index in [1.807, 2.05) is 17.5 Å². The number of nitrogens with zero attached hydrogens (tertiary/aromatic N) is 2. The van der Waals surface area contributed by atoms with Gasteiger partial charge in [0.1, 0.15) is 0 Å². The molecule has 5 nitrogen and oxygen atoms in total. The van der Waals surface area contributed by atoms with Crippen molar-refractivity contribution in [2.24, 2.45) is 0 Å². The van der Waals surface area contributed by atoms with E-state index in [1.165, 1.54) is 7.11 Å². The lowest BCUT2D eigenvalue weighted by Crippen LogP contribution is -2.30. The van der Waals surface area contributed by atoms with E-state index in [9.17, 15) is 9.59 Å². The van der Waals surface area contributed by atoms with Crippen molar-refractivity contribution < 1.29 is 14.3 Å². The number of rotatable bonds is 4. The van der Waals surface area contributed by atoms with Crippen LogP contribution in [-0.4, -0.2) is 30.5 Å². The van der Waals surface area contributed by atoms with Crippen LogP contribution in [0.15, 0.2) is 23.6 Å². The van der Waals surface area contributed by atoms with E-state index in [4.69, 9.17) is 4.74 Å². The number of fused-ring (bicyclic) bond motifs is 1. The maximum Gasteiger partial charge on any atom is 0.337 e. The van der Waals surface area contributed by atoms with Gasteiger partial charge in [0.2, 0.25) is 5.91 Å². The number of aromatic nitrogens is 1. The minimum absolute atomic E-state index is 0.0418. The number of ether oxygens (including phenoxy) is 1. The topological polar surface area (TPSA) is 59.5 Å². The third-order valence-electron chi connectivity index (χ3n) is 4.09. The number of carbonyl (C=O) groups is 2. The van der Waals surface area contributed by atoms with Gasteiger partial charge in [-0.1, -0.05) is 13.8 Å². The second-order valence-corrected chi connectivity index (χ2v) is 7.03. The van der Waals surface area contributed by atoms with Crippen LogP contribution in [-0.2, 0) is 22.4 Å². The number of methoxy groups -OCH3 is 1. The van der Waals surface area contributed by atoms with Gasteiger partial charge >= 0.3 is 5.97 Å². The lowest BCUT2D eigenvalue weighted by molar-refractivity contribution is -0.117. The summed E-state index contributed by atoms with van der Waals surface area (Å²) in [6.45, 7) is 4.83. The highest BCUT2D eigenvalue weighted by atomic mass is 32.1. The Labute approximate surface area is 145 Å². The molecule has 1 aromatic carbocycles. The van der Waals surface area contributed by atoms with Crippen molar-refractivity contribution in [3.8, 4) is 0 Å². The van der Waals surface area contributed by atoms with Crippen molar-refractivity contribution in [1.29, 1.82) is 0 Å². The smallest absolute Gasteiger partial charge is 0.337 e. The predicted octanol–water partition coefficient (Wildman–Crippen LogP) is 3.18. The predicted molar refractivity (Wildman–Crippen MR) is 93.7 cm³/mol. The van der Waals surface area contributed by atoms with Crippen molar-refractivity contribution in [1.82, 2.24) is 4.98 Å². The van der Waals surface area contributed by atoms with Crippen LogP contribution < -0.4 is 4.90 Å². The molecule has 24 heavy (non-hydrogen) atoms. The molecule has 0 spiro atoms. The van der Waals surface area contributed by atoms with Crippen LogP contribution in [0.25, 0.3) is 0 Å². The quantitative estimate of drug-likeness (QED) is 0.799. The number of thiazole rings is 1. The summed E-state index contributed by atoms with van der Waals surface area (Å²) in [5, 5.41) is 3.02. The standard InChI is InChI=1S/C18H20N2O3S/c1-11(2)17-19-14(10-24-17)9-16(21)20-7-6-12-8-13(18(22)23-3)4-5-15(12)20/h4-5,8,10-11H,6-7,9H2,1-3H3. The summed E-state index contributed by atoms with van der Waals surface area (Å²) >= 11 is 1.60. The molecule has 6 heteroatoms. The molecule has 0 radical (unpaired) electrons. The summed E-state index contributed by atoms with van der Waals surface area (Å²) in [7, 11) is 1.37. The van der Waals surface area contributed by atoms with Gasteiger partial charge in [-0.2, -0.15) is 0 Å². The van der Waals surface area contributed by atoms with Gasteiger partial charge in [-0.05, 0) is 30.2 Å². The lowest BCUT2D eigenvalue weighted by atomic mass is 10.1. The fourth-order valence-corrected chi connectivity index (χ4v) is 3.66. The van der Waals surface area contributed by atoms with Crippen molar-refractivity contribution >= 4 is 28.9 Å². The highest BCUT2D eigenvalue weighted by molar-refractivity contribution is 7.09. The van der Waals surface area contributed by atoms with Crippen LogP contribution in [0.5, 0.6) is 0 Å². The Morgan fingerprint density at radius 2 is 2.17 bits per heavy atom. The molecule has 2 aromatic rings. The van der Waals surface area contributed by atoms with E-state index < -0.39 is 0 Å². The first kappa shape index (κ1) is 16.6. The SMILES string of the molecule is COC(=O)c1ccc2c(c1)CCN2C(=O)Cc1csc(C(C)C)n1. The Kier molecular flexibility index (Phi) is 4.66. The molecule has 0 saturated carbocycles. The fraction of sp³-hybridized carbons (Fsp3) is 0.389. The number of carbonyl (C=O) groups excluding carboxylic acids is 2. The fourth-order valence-electron chi connectivity index (χ4n) is 2.83. The molecule has 2 heterocycles. The van der Waals surface area contributed by atoms with Crippen molar-refractivity contribution in [3.05, 3.63) is 45.4 Å². The van der Waals surface area contributed by atoms with E-state index in [0.29, 0.717) is 24.4 Å². The number of anilines is 1. The second-order valence-electron chi connectivity index (χ2n) is 6.14. The van der Waals surface area contributed by atoms with Gasteiger partial charge in [-0.15, -0.1) is 11.3 Å². The Morgan fingerprint density at radius 3 is 2.83 bits per heavy atom. The number of benzene rings is 1. The van der Waals surface area contributed by atoms with Crippen molar-refractivity contribution in [3.63, 3.8) is 0 Å². The zero-order valence-electron chi connectivity index (χ0n) is 14.0. The van der Waals surface area contributed by atoms with Crippen LogP contribution in [0.4, 0.5) is 5.69 Å². The maximum absolute atomic E-state index is 12.6. The van der Waals surface area contributed by atoms with Crippen LogP contribution in [0.2, 0.25) is 0 Å². The third kappa shape index (κ3) is 3.19. The summed E-state index contributed by atoms with van der Waals surface area (Å²) < 4.78 is 4.74. The number of hydrogen-bond donors (Lipinski definition) is 0. The van der Waals surface area contributed by atoms with Gasteiger partial charge in [0.15, 0.2) is 0 Å². The normalized spacial score (nSPS) is 13.2. The van der Waals surface area contributed by atoms with Crippen LogP contribution >= 0.6 is 11.3 Å². The first-order valence-electron chi connectivity index (χ1n) is 7.95. The number of hydrogen-bond acceptors (Lipinski definition) is 5. The Bertz CT molecular complexity index is 782. The molecule has 0 N–H and O–H groups in total. The van der Waals surface area contributed by atoms with Crippen LogP contribution in [0, 0.1) is 0 Å². The minimum Gasteiger partial charge on any atom is -0.465 e. The molecule has 0 atom stereocenters. The summed E-state index contributed by atoms with van der Waals surface area (Å²) in [6.07, 6.45) is 1.06. The van der Waals surface area contributed by atoms with E-state index in [0.717, 1.165) is 28.4 Å². The van der Waals surface area contributed by atoms with E-state index in [1.54, 1.807) is 22.3 Å². The van der Waals surface area contributed by atoms with Crippen LogP contribution in [0.1, 0.15) is 46.4 Å². The molecule has 1 aliphatic rings. The molecule has 0 unspecified atom stereocenters. The zero-order valence-corrected chi connectivity index (χ0v) is 14.9. The van der Waals surface area contributed by atoms with Gasteiger partial charge in [-0.3, -0.25) is 4.79 Å². The average Bonchev–Trinajstić information content (AvgIpc) is 3.20. The first-order chi connectivity index (χ1) is 11.5. The Balaban J connectivity index is 1.75. The maximum atomic E-state index is 12.6. The molecule has 126 valence electrons. The summed E-state index contributed by atoms with van der Waals surface area (Å²) in [5.41, 5.74) is 3.24. The van der Waals surface area contributed by atoms with E-state index in [2.05, 4.69) is 18.8 Å². The van der Waals surface area contributed by atoms with Gasteiger partial charge < -0.3 is 9.64 Å². The molecule has 3 rings (SSSR count). The molecule has 0 aliphatic carbocycles. The lowest BCUT2D eigenvalue weighted by Gasteiger charge is -2.17. The molecular formula is C18H20N2O3S. The zero-order chi connectivity index (χ0) is 17.3. The van der Waals surface area contributed by atoms with Gasteiger partial charge in [-0.25, -0.2) is 9.78 Å². The molecule has 0 bridgehead atoms. The summed E-state index contributed by atoms with van der Waals surface area (Å²) in [5.74, 6) is 0.0644. The first-order valence-corrected chi connectivity index (χ1v) is 8.83. The minimum atomic E-state index is -0.355. The molecule has 1 amide bonds. The molecule has 1 aromatic heterocycles. The monoisotopic (exact) mass is 344 g/mol. The van der Waals surface area contributed by atoms with Gasteiger partial charge in [0.25, 0.3) is 0 Å². The summed E-state index contributed by atoms with van der Waals surface area (Å²) in [6, 6.07) is 5.34. The second kappa shape index (κ2) is 6.73. The average molecular weight is 344 g/mol. The van der Waals surface area contributed by atoms with Crippen molar-refractivity contribution in [2.75, 3.05) is 18.6 Å². The van der Waals surface area contributed by atoms with Crippen LogP contribution in [0.3, 0.4) is 0 Å². The highest BCUT2D eigenvalue weighted by Crippen LogP contribution is 2.30. The highest BCUT2D eigenvalue weighted by Gasteiger charge is 2.26. The largest absolute Gasteiger partial charge is 0.465 e. The third-order valence-corrected chi connectivity index (χ3v) is 5.29. The van der Waals surface area contributed by atoms with E-state index in [-0.39, 0.29) is 11.9 Å². The summed E-state index contributed by atoms with van der Waals surface area (Å²) in [4.78, 5) is 30.6. The number of esters is 1. The molecule has 0 fully saturated rings. The number of amides is 1. The Morgan fingerprint density at radius 1 is 1.38 bits per heavy atom. The van der Waals surface area contributed by atoms with Gasteiger partial charge in [0, 0.05) is 23.5 Å². The van der Waals surface area contributed by atoms with Gasteiger partial charge in [0.05, 0.1) is 29.8 Å². The van der Waals surface area contributed by atoms with E-state index >= 15 is 0 Å². The van der Waals surface area contributed by atoms with Crippen molar-refractivity contribution in [2.45, 2.75) is 32.6 Å².